The monoisotopic (exact) mass is 414 g/mol. The van der Waals surface area contributed by atoms with Crippen molar-refractivity contribution in [2.75, 3.05) is 0 Å². The molecule has 4 nitrogen and oxygen atoms in total. The van der Waals surface area contributed by atoms with Crippen molar-refractivity contribution in [3.63, 3.8) is 0 Å². The summed E-state index contributed by atoms with van der Waals surface area (Å²) in [4.78, 5) is -0.336. The number of rotatable bonds is 11. The first-order chi connectivity index (χ1) is 12.5. The summed E-state index contributed by atoms with van der Waals surface area (Å²) in [7, 11) is -4.57. The van der Waals surface area contributed by atoms with Gasteiger partial charge in [-0.1, -0.05) is 69.7 Å². The summed E-state index contributed by atoms with van der Waals surface area (Å²) >= 11 is 0. The van der Waals surface area contributed by atoms with E-state index in [2.05, 4.69) is 6.92 Å². The van der Waals surface area contributed by atoms with E-state index in [0.29, 0.717) is 5.75 Å². The SMILES string of the molecule is CCCCCCCCCc1cccc(Oc2ccccc2S(=O)(=O)[O-])c1.[K+]. The molecule has 0 aliphatic heterocycles. The van der Waals surface area contributed by atoms with Crippen LogP contribution in [-0.2, 0) is 16.5 Å². The van der Waals surface area contributed by atoms with Crippen LogP contribution in [0.3, 0.4) is 0 Å². The summed E-state index contributed by atoms with van der Waals surface area (Å²) < 4.78 is 39.7. The van der Waals surface area contributed by atoms with Crippen molar-refractivity contribution in [1.82, 2.24) is 0 Å². The van der Waals surface area contributed by atoms with Crippen molar-refractivity contribution in [3.05, 3.63) is 54.1 Å². The van der Waals surface area contributed by atoms with Crippen molar-refractivity contribution >= 4 is 10.1 Å². The second-order valence-corrected chi connectivity index (χ2v) is 7.87. The first-order valence-corrected chi connectivity index (χ1v) is 10.7. The molecule has 27 heavy (non-hydrogen) atoms. The smallest absolute Gasteiger partial charge is 0.744 e. The third-order valence-corrected chi connectivity index (χ3v) is 5.19. The predicted octanol–water partition coefficient (Wildman–Crippen LogP) is 2.68. The molecular formula is C21H27KO4S. The maximum Gasteiger partial charge on any atom is 1.00 e. The Morgan fingerprint density at radius 1 is 0.889 bits per heavy atom. The van der Waals surface area contributed by atoms with Crippen LogP contribution in [0, 0.1) is 0 Å². The quantitative estimate of drug-likeness (QED) is 0.322. The van der Waals surface area contributed by atoms with Crippen molar-refractivity contribution in [3.8, 4) is 11.5 Å². The van der Waals surface area contributed by atoms with Crippen LogP contribution < -0.4 is 56.1 Å². The van der Waals surface area contributed by atoms with E-state index in [1.807, 2.05) is 18.2 Å². The van der Waals surface area contributed by atoms with Gasteiger partial charge in [0.05, 0.1) is 4.90 Å². The minimum Gasteiger partial charge on any atom is -0.744 e. The Bertz CT molecular complexity index is 790. The summed E-state index contributed by atoms with van der Waals surface area (Å²) in [6, 6.07) is 13.5. The van der Waals surface area contributed by atoms with E-state index in [4.69, 9.17) is 4.74 Å². The van der Waals surface area contributed by atoms with Gasteiger partial charge in [0, 0.05) is 0 Å². The van der Waals surface area contributed by atoms with Gasteiger partial charge in [-0.2, -0.15) is 0 Å². The average Bonchev–Trinajstić information content (AvgIpc) is 2.61. The van der Waals surface area contributed by atoms with Crippen LogP contribution in [0.5, 0.6) is 11.5 Å². The zero-order valence-corrected chi connectivity index (χ0v) is 20.3. The van der Waals surface area contributed by atoms with Gasteiger partial charge in [0.15, 0.2) is 0 Å². The summed E-state index contributed by atoms with van der Waals surface area (Å²) in [6.45, 7) is 2.22. The fraction of sp³-hybridized carbons (Fsp3) is 0.429. The van der Waals surface area contributed by atoms with Gasteiger partial charge in [-0.05, 0) is 42.7 Å². The molecule has 0 saturated carbocycles. The van der Waals surface area contributed by atoms with E-state index >= 15 is 0 Å². The standard InChI is InChI=1S/C21H28O4S.K/c1-2-3-4-5-6-7-8-12-18-13-11-14-19(17-18)25-20-15-9-10-16-21(20)26(22,23)24;/h9-11,13-17H,2-8,12H2,1H3,(H,22,23,24);/q;+1/p-1. The van der Waals surface area contributed by atoms with Crippen molar-refractivity contribution in [1.29, 1.82) is 0 Å². The molecule has 0 N–H and O–H groups in total. The largest absolute Gasteiger partial charge is 1.00 e. The zero-order valence-electron chi connectivity index (χ0n) is 16.3. The van der Waals surface area contributed by atoms with Gasteiger partial charge in [-0.25, -0.2) is 8.42 Å². The van der Waals surface area contributed by atoms with Gasteiger partial charge in [-0.15, -0.1) is 0 Å². The Balaban J connectivity index is 0.00000364. The number of ether oxygens (including phenoxy) is 1. The molecule has 6 heteroatoms. The summed E-state index contributed by atoms with van der Waals surface area (Å²) in [5, 5.41) is 0. The van der Waals surface area contributed by atoms with Gasteiger partial charge < -0.3 is 9.29 Å². The molecule has 0 saturated heterocycles. The summed E-state index contributed by atoms with van der Waals surface area (Å²) in [5.74, 6) is 0.608. The number of benzene rings is 2. The Morgan fingerprint density at radius 3 is 2.26 bits per heavy atom. The maximum atomic E-state index is 11.3. The molecule has 0 radical (unpaired) electrons. The van der Waals surface area contributed by atoms with Crippen LogP contribution in [0.1, 0.15) is 57.4 Å². The summed E-state index contributed by atoms with van der Waals surface area (Å²) in [5.41, 5.74) is 1.15. The van der Waals surface area contributed by atoms with E-state index in [-0.39, 0.29) is 62.0 Å². The fourth-order valence-corrected chi connectivity index (χ4v) is 3.52. The van der Waals surface area contributed by atoms with Crippen LogP contribution in [0.4, 0.5) is 0 Å². The van der Waals surface area contributed by atoms with Crippen LogP contribution in [0.15, 0.2) is 53.4 Å². The first-order valence-electron chi connectivity index (χ1n) is 9.32. The predicted molar refractivity (Wildman–Crippen MR) is 103 cm³/mol. The zero-order chi connectivity index (χ0) is 18.8. The Labute approximate surface area is 205 Å². The molecule has 0 spiro atoms. The normalized spacial score (nSPS) is 11.0. The van der Waals surface area contributed by atoms with E-state index in [9.17, 15) is 13.0 Å². The minimum absolute atomic E-state index is 0. The van der Waals surface area contributed by atoms with Gasteiger partial charge >= 0.3 is 51.4 Å². The maximum absolute atomic E-state index is 11.3. The number of hydrogen-bond donors (Lipinski definition) is 0. The summed E-state index contributed by atoms with van der Waals surface area (Å²) in [6.07, 6.45) is 9.79. The topological polar surface area (TPSA) is 66.4 Å². The Morgan fingerprint density at radius 2 is 1.56 bits per heavy atom. The van der Waals surface area contributed by atoms with E-state index < -0.39 is 10.1 Å². The second-order valence-electron chi connectivity index (χ2n) is 6.52. The number of aryl methyl sites for hydroxylation is 1. The number of para-hydroxylation sites is 1. The van der Waals surface area contributed by atoms with Crippen LogP contribution >= 0.6 is 0 Å². The van der Waals surface area contributed by atoms with E-state index in [1.54, 1.807) is 12.1 Å². The van der Waals surface area contributed by atoms with Gasteiger partial charge in [0.25, 0.3) is 0 Å². The third-order valence-electron chi connectivity index (χ3n) is 4.31. The molecule has 2 rings (SSSR count). The average molecular weight is 415 g/mol. The van der Waals surface area contributed by atoms with E-state index in [0.717, 1.165) is 18.4 Å². The van der Waals surface area contributed by atoms with Crippen LogP contribution in [0.2, 0.25) is 0 Å². The molecule has 0 aliphatic carbocycles. The molecule has 0 heterocycles. The van der Waals surface area contributed by atoms with Crippen molar-refractivity contribution in [2.45, 2.75) is 63.2 Å². The molecule has 0 atom stereocenters. The molecule has 2 aromatic rings. The van der Waals surface area contributed by atoms with Crippen molar-refractivity contribution < 1.29 is 69.1 Å². The molecule has 0 aromatic heterocycles. The molecule has 2 aromatic carbocycles. The van der Waals surface area contributed by atoms with Crippen LogP contribution in [-0.4, -0.2) is 13.0 Å². The molecule has 142 valence electrons. The number of hydrogen-bond acceptors (Lipinski definition) is 4. The number of unbranched alkanes of at least 4 members (excludes halogenated alkanes) is 6. The molecule has 0 bridgehead atoms. The molecule has 0 unspecified atom stereocenters. The Kier molecular flexibility index (Phi) is 12.0. The van der Waals surface area contributed by atoms with Gasteiger partial charge in [0.2, 0.25) is 0 Å². The third kappa shape index (κ3) is 9.22. The van der Waals surface area contributed by atoms with Crippen molar-refractivity contribution in [2.24, 2.45) is 0 Å². The fourth-order valence-electron chi connectivity index (χ4n) is 2.92. The molecule has 0 fully saturated rings. The van der Waals surface area contributed by atoms with Gasteiger partial charge in [0.1, 0.15) is 21.6 Å². The second kappa shape index (κ2) is 13.1. The molecular weight excluding hydrogens is 387 g/mol. The first kappa shape index (κ1) is 24.8. The minimum atomic E-state index is -4.57. The molecule has 0 aliphatic rings. The van der Waals surface area contributed by atoms with Crippen LogP contribution in [0.25, 0.3) is 0 Å². The van der Waals surface area contributed by atoms with E-state index in [1.165, 1.54) is 56.7 Å². The Hall–Kier alpha value is -0.214. The van der Waals surface area contributed by atoms with Gasteiger partial charge in [-0.3, -0.25) is 0 Å². The molecule has 0 amide bonds.